The van der Waals surface area contributed by atoms with Gasteiger partial charge in [0.2, 0.25) is 5.13 Å². The predicted molar refractivity (Wildman–Crippen MR) is 122 cm³/mol. The minimum Gasteiger partial charge on any atom is -0.374 e. The molecule has 4 rings (SSSR count). The van der Waals surface area contributed by atoms with E-state index in [0.29, 0.717) is 53.1 Å². The van der Waals surface area contributed by atoms with Gasteiger partial charge < -0.3 is 11.1 Å². The molecule has 152 valence electrons. The topological polar surface area (TPSA) is 112 Å². The van der Waals surface area contributed by atoms with Gasteiger partial charge in [-0.05, 0) is 52.7 Å². The second kappa shape index (κ2) is 8.31. The number of nitrogens with zero attached hydrogens (tertiary/aromatic N) is 5. The van der Waals surface area contributed by atoms with Crippen molar-refractivity contribution in [2.24, 2.45) is 0 Å². The van der Waals surface area contributed by atoms with Crippen molar-refractivity contribution in [2.75, 3.05) is 11.1 Å². The summed E-state index contributed by atoms with van der Waals surface area (Å²) in [6.07, 6.45) is 1.59. The Bertz CT molecular complexity index is 1270. The maximum atomic E-state index is 13.3. The number of hydrogen-bond donors (Lipinski definition) is 2. The third-order valence-electron chi connectivity index (χ3n) is 4.06. The van der Waals surface area contributed by atoms with Crippen LogP contribution in [0.1, 0.15) is 15.9 Å². The predicted octanol–water partition coefficient (Wildman–Crippen LogP) is 5.00. The summed E-state index contributed by atoms with van der Waals surface area (Å²) >= 11 is 17.0. The molecule has 0 saturated heterocycles. The maximum Gasteiger partial charge on any atom is 0.257 e. The van der Waals surface area contributed by atoms with Crippen molar-refractivity contribution < 1.29 is 4.79 Å². The maximum absolute atomic E-state index is 13.3. The summed E-state index contributed by atoms with van der Waals surface area (Å²) in [5, 5.41) is 16.7. The zero-order chi connectivity index (χ0) is 21.4. The molecule has 12 heteroatoms. The molecule has 1 aromatic carbocycles. The second-order valence-electron chi connectivity index (χ2n) is 6.12. The lowest BCUT2D eigenvalue weighted by atomic mass is 10.0. The number of pyridine rings is 1. The van der Waals surface area contributed by atoms with Crippen LogP contribution in [0, 0.1) is 6.92 Å². The number of anilines is 2. The minimum absolute atomic E-state index is 0.292. The van der Waals surface area contributed by atoms with Gasteiger partial charge in [-0.3, -0.25) is 4.79 Å². The highest BCUT2D eigenvalue weighted by atomic mass is 79.9. The van der Waals surface area contributed by atoms with Crippen molar-refractivity contribution in [1.82, 2.24) is 25.0 Å². The largest absolute Gasteiger partial charge is 0.374 e. The Kier molecular flexibility index (Phi) is 5.74. The molecule has 0 bridgehead atoms. The van der Waals surface area contributed by atoms with Gasteiger partial charge in [-0.1, -0.05) is 34.5 Å². The van der Waals surface area contributed by atoms with Gasteiger partial charge in [0, 0.05) is 22.8 Å². The van der Waals surface area contributed by atoms with E-state index in [1.807, 2.05) is 0 Å². The van der Waals surface area contributed by atoms with Crippen molar-refractivity contribution in [3.63, 3.8) is 0 Å². The Morgan fingerprint density at radius 2 is 2.07 bits per heavy atom. The van der Waals surface area contributed by atoms with E-state index in [1.54, 1.807) is 43.5 Å². The van der Waals surface area contributed by atoms with E-state index in [2.05, 4.69) is 41.5 Å². The van der Waals surface area contributed by atoms with Gasteiger partial charge >= 0.3 is 0 Å². The molecule has 0 aliphatic heterocycles. The molecular weight excluding hydrogens is 513 g/mol. The summed E-state index contributed by atoms with van der Waals surface area (Å²) in [5.41, 5.74) is 7.32. The number of amides is 1. The van der Waals surface area contributed by atoms with Crippen molar-refractivity contribution in [3.8, 4) is 16.4 Å². The zero-order valence-electron chi connectivity index (χ0n) is 15.2. The van der Waals surface area contributed by atoms with Crippen LogP contribution in [0.3, 0.4) is 0 Å². The first-order valence-electron chi connectivity index (χ1n) is 8.41. The third kappa shape index (κ3) is 4.04. The Balaban J connectivity index is 1.77. The molecule has 0 radical (unpaired) electrons. The molecule has 0 saturated carbocycles. The van der Waals surface area contributed by atoms with Gasteiger partial charge in [0.05, 0.1) is 10.6 Å². The fourth-order valence-corrected chi connectivity index (χ4v) is 4.35. The van der Waals surface area contributed by atoms with Gasteiger partial charge in [0.15, 0.2) is 5.82 Å². The highest BCUT2D eigenvalue weighted by Gasteiger charge is 2.22. The van der Waals surface area contributed by atoms with Crippen LogP contribution in [0.25, 0.3) is 16.4 Å². The Labute approximate surface area is 193 Å². The molecule has 0 atom stereocenters. The van der Waals surface area contributed by atoms with E-state index in [1.165, 1.54) is 16.0 Å². The second-order valence-corrected chi connectivity index (χ2v) is 8.78. The summed E-state index contributed by atoms with van der Waals surface area (Å²) in [4.78, 5) is 17.5. The first kappa shape index (κ1) is 20.7. The SMILES string of the molecule is Cc1cc(Cl)cc(-c2nnc(N)s2)c1C(=O)Nc1cc(Br)nn1-c1ncccc1Cl. The van der Waals surface area contributed by atoms with Crippen LogP contribution in [-0.2, 0) is 0 Å². The van der Waals surface area contributed by atoms with Gasteiger partial charge in [0.1, 0.15) is 15.4 Å². The first-order chi connectivity index (χ1) is 14.3. The van der Waals surface area contributed by atoms with E-state index in [9.17, 15) is 4.79 Å². The summed E-state index contributed by atoms with van der Waals surface area (Å²) in [7, 11) is 0. The molecule has 8 nitrogen and oxygen atoms in total. The van der Waals surface area contributed by atoms with Crippen LogP contribution < -0.4 is 11.1 Å². The monoisotopic (exact) mass is 523 g/mol. The van der Waals surface area contributed by atoms with E-state index < -0.39 is 0 Å². The summed E-state index contributed by atoms with van der Waals surface area (Å²) in [6.45, 7) is 1.79. The van der Waals surface area contributed by atoms with Gasteiger partial charge in [-0.15, -0.1) is 10.2 Å². The molecule has 4 aromatic rings. The Morgan fingerprint density at radius 1 is 1.27 bits per heavy atom. The zero-order valence-corrected chi connectivity index (χ0v) is 19.1. The quantitative estimate of drug-likeness (QED) is 0.388. The first-order valence-corrected chi connectivity index (χ1v) is 10.8. The van der Waals surface area contributed by atoms with Crippen LogP contribution in [0.2, 0.25) is 10.0 Å². The number of nitrogen functional groups attached to an aromatic ring is 1. The average Bonchev–Trinajstić information content (AvgIpc) is 3.27. The number of benzene rings is 1. The molecule has 3 N–H and O–H groups in total. The molecule has 0 unspecified atom stereocenters. The number of nitrogens with two attached hydrogens (primary N) is 1. The minimum atomic E-state index is -0.381. The summed E-state index contributed by atoms with van der Waals surface area (Å²) in [5.74, 6) is 0.378. The van der Waals surface area contributed by atoms with Gasteiger partial charge in [0.25, 0.3) is 5.91 Å². The van der Waals surface area contributed by atoms with Crippen LogP contribution in [0.5, 0.6) is 0 Å². The number of nitrogens with one attached hydrogen (secondary N) is 1. The van der Waals surface area contributed by atoms with Gasteiger partial charge in [-0.2, -0.15) is 9.78 Å². The lowest BCUT2D eigenvalue weighted by molar-refractivity contribution is 0.102. The Morgan fingerprint density at radius 3 is 2.77 bits per heavy atom. The van der Waals surface area contributed by atoms with Crippen LogP contribution in [0.4, 0.5) is 10.9 Å². The number of carbonyl (C=O) groups is 1. The van der Waals surface area contributed by atoms with E-state index in [-0.39, 0.29) is 5.91 Å². The highest BCUT2D eigenvalue weighted by molar-refractivity contribution is 9.10. The average molecular weight is 525 g/mol. The smallest absolute Gasteiger partial charge is 0.257 e. The van der Waals surface area contributed by atoms with E-state index in [0.717, 1.165) is 0 Å². The number of aryl methyl sites for hydroxylation is 1. The lowest BCUT2D eigenvalue weighted by Crippen LogP contribution is -2.18. The van der Waals surface area contributed by atoms with E-state index in [4.69, 9.17) is 28.9 Å². The molecule has 3 aromatic heterocycles. The number of halogens is 3. The fraction of sp³-hybridized carbons (Fsp3) is 0.0556. The summed E-state index contributed by atoms with van der Waals surface area (Å²) < 4.78 is 1.95. The number of aromatic nitrogens is 5. The fourth-order valence-electron chi connectivity index (χ4n) is 2.87. The number of hydrogen-bond acceptors (Lipinski definition) is 7. The molecule has 0 spiro atoms. The third-order valence-corrected chi connectivity index (χ3v) is 5.75. The lowest BCUT2D eigenvalue weighted by Gasteiger charge is -2.13. The standard InChI is InChI=1S/C18H12BrCl2N7OS/c1-8-5-9(20)6-10(17-25-26-18(22)30-17)14(8)16(29)24-13-7-12(19)27-28(13)15-11(21)3-2-4-23-15/h2-7H,1H3,(H2,22,26)(H,24,29). The molecule has 1 amide bonds. The Hall–Kier alpha value is -2.53. The normalized spacial score (nSPS) is 10.9. The molecular formula is C18H12BrCl2N7OS. The number of rotatable bonds is 4. The van der Waals surface area contributed by atoms with Crippen molar-refractivity contribution in [1.29, 1.82) is 0 Å². The highest BCUT2D eigenvalue weighted by Crippen LogP contribution is 2.33. The summed E-state index contributed by atoms with van der Waals surface area (Å²) in [6, 6.07) is 8.41. The van der Waals surface area contributed by atoms with Crippen molar-refractivity contribution in [2.45, 2.75) is 6.92 Å². The molecule has 0 aliphatic rings. The molecule has 0 aliphatic carbocycles. The van der Waals surface area contributed by atoms with Crippen LogP contribution in [0.15, 0.2) is 41.1 Å². The van der Waals surface area contributed by atoms with Gasteiger partial charge in [-0.25, -0.2) is 4.98 Å². The van der Waals surface area contributed by atoms with Crippen LogP contribution in [-0.4, -0.2) is 30.9 Å². The van der Waals surface area contributed by atoms with E-state index >= 15 is 0 Å². The number of carbonyl (C=O) groups excluding carboxylic acids is 1. The van der Waals surface area contributed by atoms with Crippen molar-refractivity contribution >= 4 is 67.3 Å². The molecule has 3 heterocycles. The van der Waals surface area contributed by atoms with Crippen LogP contribution >= 0.6 is 50.5 Å². The van der Waals surface area contributed by atoms with Crippen molar-refractivity contribution in [3.05, 3.63) is 62.3 Å². The molecule has 30 heavy (non-hydrogen) atoms. The molecule has 0 fully saturated rings.